The van der Waals surface area contributed by atoms with E-state index in [1.165, 1.54) is 6.07 Å². The summed E-state index contributed by atoms with van der Waals surface area (Å²) in [4.78, 5) is 15.7. The molecule has 0 radical (unpaired) electrons. The van der Waals surface area contributed by atoms with Crippen LogP contribution in [-0.2, 0) is 6.18 Å². The molecule has 2 aromatic rings. The van der Waals surface area contributed by atoms with Crippen molar-refractivity contribution in [2.45, 2.75) is 6.18 Å². The zero-order chi connectivity index (χ0) is 13.3. The predicted molar refractivity (Wildman–Crippen MR) is 62.0 cm³/mol. The fraction of sp³-hybridized carbons (Fsp3) is 0.0909. The first-order valence-electron chi connectivity index (χ1n) is 4.71. The third-order valence-electron chi connectivity index (χ3n) is 2.12. The van der Waals surface area contributed by atoms with Gasteiger partial charge in [-0.15, -0.1) is 11.3 Å². The van der Waals surface area contributed by atoms with E-state index >= 15 is 0 Å². The molecule has 0 fully saturated rings. The van der Waals surface area contributed by atoms with Gasteiger partial charge in [0.05, 0.1) is 14.8 Å². The summed E-state index contributed by atoms with van der Waals surface area (Å²) in [6.07, 6.45) is -3.82. The summed E-state index contributed by atoms with van der Waals surface area (Å²) in [7, 11) is 0. The number of carbonyl (C=O) groups is 1. The van der Waals surface area contributed by atoms with E-state index in [1.54, 1.807) is 6.07 Å². The Morgan fingerprint density at radius 2 is 1.94 bits per heavy atom. The minimum Gasteiger partial charge on any atom is -0.286 e. The molecule has 0 aliphatic rings. The first-order chi connectivity index (χ1) is 8.38. The van der Waals surface area contributed by atoms with Gasteiger partial charge in [0.2, 0.25) is 5.78 Å². The standard InChI is InChI=1S/C11H5ClF3NOS/c12-9-4-3-8(18-9)10(17)7-2-1-6(5-16-7)11(13,14)15/h1-5H. The highest BCUT2D eigenvalue weighted by molar-refractivity contribution is 7.18. The lowest BCUT2D eigenvalue weighted by Crippen LogP contribution is -2.08. The van der Waals surface area contributed by atoms with Gasteiger partial charge in [-0.05, 0) is 24.3 Å². The van der Waals surface area contributed by atoms with Crippen LogP contribution in [0, 0.1) is 0 Å². The van der Waals surface area contributed by atoms with Crippen molar-refractivity contribution in [1.29, 1.82) is 0 Å². The molecule has 2 nitrogen and oxygen atoms in total. The van der Waals surface area contributed by atoms with Gasteiger partial charge >= 0.3 is 6.18 Å². The lowest BCUT2D eigenvalue weighted by Gasteiger charge is -2.05. The second-order valence-corrected chi connectivity index (χ2v) is 5.08. The second-order valence-electron chi connectivity index (χ2n) is 3.36. The van der Waals surface area contributed by atoms with Crippen LogP contribution < -0.4 is 0 Å². The Labute approximate surface area is 109 Å². The molecule has 94 valence electrons. The number of hydrogen-bond acceptors (Lipinski definition) is 3. The van der Waals surface area contributed by atoms with Gasteiger partial charge in [-0.3, -0.25) is 9.78 Å². The highest BCUT2D eigenvalue weighted by atomic mass is 35.5. The Balaban J connectivity index is 2.28. The van der Waals surface area contributed by atoms with Crippen LogP contribution in [0.5, 0.6) is 0 Å². The van der Waals surface area contributed by atoms with Crippen molar-refractivity contribution in [3.63, 3.8) is 0 Å². The molecule has 0 N–H and O–H groups in total. The monoisotopic (exact) mass is 291 g/mol. The van der Waals surface area contributed by atoms with Crippen molar-refractivity contribution in [1.82, 2.24) is 4.98 Å². The minimum absolute atomic E-state index is 0.0403. The Morgan fingerprint density at radius 1 is 1.22 bits per heavy atom. The van der Waals surface area contributed by atoms with E-state index in [1.807, 2.05) is 0 Å². The van der Waals surface area contributed by atoms with Gasteiger partial charge in [-0.2, -0.15) is 13.2 Å². The Bertz CT molecular complexity index is 577. The number of halogens is 4. The molecule has 0 unspecified atom stereocenters. The second kappa shape index (κ2) is 4.70. The van der Waals surface area contributed by atoms with Gasteiger partial charge < -0.3 is 0 Å². The van der Waals surface area contributed by atoms with Crippen LogP contribution in [0.4, 0.5) is 13.2 Å². The summed E-state index contributed by atoms with van der Waals surface area (Å²) in [5, 5.41) is 0. The van der Waals surface area contributed by atoms with Crippen molar-refractivity contribution >= 4 is 28.7 Å². The third-order valence-corrected chi connectivity index (χ3v) is 3.35. The number of alkyl halides is 3. The smallest absolute Gasteiger partial charge is 0.286 e. The molecule has 0 spiro atoms. The maximum absolute atomic E-state index is 12.3. The van der Waals surface area contributed by atoms with Crippen molar-refractivity contribution in [3.05, 3.63) is 50.9 Å². The molecule has 0 amide bonds. The fourth-order valence-corrected chi connectivity index (χ4v) is 2.25. The number of thiophene rings is 1. The first-order valence-corrected chi connectivity index (χ1v) is 5.90. The Morgan fingerprint density at radius 3 is 2.39 bits per heavy atom. The van der Waals surface area contributed by atoms with Crippen LogP contribution in [-0.4, -0.2) is 10.8 Å². The van der Waals surface area contributed by atoms with E-state index < -0.39 is 17.5 Å². The van der Waals surface area contributed by atoms with Gasteiger partial charge in [0.25, 0.3) is 0 Å². The molecule has 0 saturated carbocycles. The summed E-state index contributed by atoms with van der Waals surface area (Å²) >= 11 is 6.73. The summed E-state index contributed by atoms with van der Waals surface area (Å²) in [6, 6.07) is 4.94. The Hall–Kier alpha value is -1.40. The summed E-state index contributed by atoms with van der Waals surface area (Å²) in [5.74, 6) is -0.444. The van der Waals surface area contributed by atoms with Crippen molar-refractivity contribution in [2.24, 2.45) is 0 Å². The average Bonchev–Trinajstić information content (AvgIpc) is 2.74. The highest BCUT2D eigenvalue weighted by Gasteiger charge is 2.31. The van der Waals surface area contributed by atoms with Crippen LogP contribution in [0.15, 0.2) is 30.5 Å². The van der Waals surface area contributed by atoms with Gasteiger partial charge in [0, 0.05) is 6.20 Å². The largest absolute Gasteiger partial charge is 0.417 e. The number of hydrogen-bond donors (Lipinski definition) is 0. The molecule has 2 rings (SSSR count). The fourth-order valence-electron chi connectivity index (χ4n) is 1.26. The molecule has 0 saturated heterocycles. The van der Waals surface area contributed by atoms with E-state index in [0.717, 1.165) is 23.5 Å². The molecule has 7 heteroatoms. The molecule has 2 aromatic heterocycles. The van der Waals surface area contributed by atoms with E-state index in [0.29, 0.717) is 15.4 Å². The van der Waals surface area contributed by atoms with E-state index in [9.17, 15) is 18.0 Å². The average molecular weight is 292 g/mol. The molecular weight excluding hydrogens is 287 g/mol. The zero-order valence-electron chi connectivity index (χ0n) is 8.66. The van der Waals surface area contributed by atoms with E-state index in [2.05, 4.69) is 4.98 Å². The number of nitrogens with zero attached hydrogens (tertiary/aromatic N) is 1. The number of ketones is 1. The van der Waals surface area contributed by atoms with Crippen molar-refractivity contribution < 1.29 is 18.0 Å². The maximum atomic E-state index is 12.3. The summed E-state index contributed by atoms with van der Waals surface area (Å²) < 4.78 is 37.4. The first kappa shape index (κ1) is 13.0. The van der Waals surface area contributed by atoms with Crippen LogP contribution >= 0.6 is 22.9 Å². The van der Waals surface area contributed by atoms with Crippen LogP contribution in [0.3, 0.4) is 0 Å². The molecule has 0 aliphatic heterocycles. The summed E-state index contributed by atoms with van der Waals surface area (Å²) in [5.41, 5.74) is -0.926. The van der Waals surface area contributed by atoms with Gasteiger partial charge in [-0.25, -0.2) is 0 Å². The molecule has 0 bridgehead atoms. The lowest BCUT2D eigenvalue weighted by atomic mass is 10.2. The number of carbonyl (C=O) groups excluding carboxylic acids is 1. The normalized spacial score (nSPS) is 11.6. The number of aromatic nitrogens is 1. The molecule has 18 heavy (non-hydrogen) atoms. The molecule has 0 atom stereocenters. The highest BCUT2D eigenvalue weighted by Crippen LogP contribution is 2.29. The summed E-state index contributed by atoms with van der Waals surface area (Å²) in [6.45, 7) is 0. The van der Waals surface area contributed by atoms with Crippen LogP contribution in [0.25, 0.3) is 0 Å². The minimum atomic E-state index is -4.46. The number of pyridine rings is 1. The van der Waals surface area contributed by atoms with E-state index in [4.69, 9.17) is 11.6 Å². The van der Waals surface area contributed by atoms with Gasteiger partial charge in [0.1, 0.15) is 5.69 Å². The van der Waals surface area contributed by atoms with E-state index in [-0.39, 0.29) is 5.69 Å². The molecule has 2 heterocycles. The lowest BCUT2D eigenvalue weighted by molar-refractivity contribution is -0.137. The zero-order valence-corrected chi connectivity index (χ0v) is 10.2. The molecule has 0 aromatic carbocycles. The number of rotatable bonds is 2. The predicted octanol–water partition coefficient (Wildman–Crippen LogP) is 4.05. The van der Waals surface area contributed by atoms with Gasteiger partial charge in [0.15, 0.2) is 0 Å². The SMILES string of the molecule is O=C(c1ccc(C(F)(F)F)cn1)c1ccc(Cl)s1. The van der Waals surface area contributed by atoms with Gasteiger partial charge in [-0.1, -0.05) is 11.6 Å². The maximum Gasteiger partial charge on any atom is 0.417 e. The quantitative estimate of drug-likeness (QED) is 0.782. The van der Waals surface area contributed by atoms with Crippen LogP contribution in [0.1, 0.15) is 20.9 Å². The topological polar surface area (TPSA) is 30.0 Å². The molecular formula is C11H5ClF3NOS. The molecule has 0 aliphatic carbocycles. The Kier molecular flexibility index (Phi) is 3.41. The van der Waals surface area contributed by atoms with Crippen LogP contribution in [0.2, 0.25) is 4.34 Å². The van der Waals surface area contributed by atoms with Crippen molar-refractivity contribution in [2.75, 3.05) is 0 Å². The third kappa shape index (κ3) is 2.70. The van der Waals surface area contributed by atoms with Crippen molar-refractivity contribution in [3.8, 4) is 0 Å².